The Morgan fingerprint density at radius 2 is 1.93 bits per heavy atom. The average Bonchev–Trinajstić information content (AvgIpc) is 3.51. The normalized spacial score (nSPS) is 22.1. The number of piperidine rings is 1. The Kier molecular flexibility index (Phi) is 6.61. The van der Waals surface area contributed by atoms with Crippen LogP contribution in [0, 0.1) is 6.92 Å². The first-order valence-electron chi connectivity index (χ1n) is 14.3. The number of hydrogen-bond acceptors (Lipinski definition) is 6. The summed E-state index contributed by atoms with van der Waals surface area (Å²) < 4.78 is 7.73. The third-order valence-electron chi connectivity index (χ3n) is 9.67. The molecule has 3 saturated heterocycles. The molecule has 4 fully saturated rings. The number of fused-ring (bicyclic) bond motifs is 1. The zero-order valence-electron chi connectivity index (χ0n) is 22.8. The molecule has 212 valence electrons. The van der Waals surface area contributed by atoms with E-state index in [1.807, 2.05) is 17.2 Å². The number of aromatic nitrogens is 4. The second kappa shape index (κ2) is 10.0. The van der Waals surface area contributed by atoms with Crippen molar-refractivity contribution in [2.75, 3.05) is 50.8 Å². The number of aromatic amines is 1. The fourth-order valence-electron chi connectivity index (χ4n) is 7.18. The van der Waals surface area contributed by atoms with E-state index in [1.165, 1.54) is 12.5 Å². The van der Waals surface area contributed by atoms with E-state index in [1.54, 1.807) is 0 Å². The van der Waals surface area contributed by atoms with Gasteiger partial charge in [-0.1, -0.05) is 29.8 Å². The van der Waals surface area contributed by atoms with Gasteiger partial charge in [0, 0.05) is 54.9 Å². The highest BCUT2D eigenvalue weighted by atomic mass is 35.5. The van der Waals surface area contributed by atoms with Crippen LogP contribution in [-0.4, -0.2) is 93.2 Å². The van der Waals surface area contributed by atoms with Crippen LogP contribution in [0.25, 0.3) is 22.0 Å². The lowest BCUT2D eigenvalue weighted by molar-refractivity contribution is -0.127. The molecule has 1 aliphatic carbocycles. The Morgan fingerprint density at radius 3 is 2.58 bits per heavy atom. The number of hydrogen-bond donors (Lipinski definition) is 1. The lowest BCUT2D eigenvalue weighted by Gasteiger charge is -2.58. The number of rotatable bonds is 5. The molecule has 1 amide bonds. The minimum absolute atomic E-state index is 0.00765. The van der Waals surface area contributed by atoms with E-state index in [0.29, 0.717) is 29.2 Å². The molecule has 7 rings (SSSR count). The number of piperazine rings is 1. The summed E-state index contributed by atoms with van der Waals surface area (Å²) >= 11 is 13.7. The number of benzene rings is 1. The van der Waals surface area contributed by atoms with Crippen LogP contribution in [0.15, 0.2) is 24.9 Å². The number of amides is 1. The van der Waals surface area contributed by atoms with Crippen molar-refractivity contribution in [3.63, 3.8) is 0 Å². The summed E-state index contributed by atoms with van der Waals surface area (Å²) in [5.41, 5.74) is 3.90. The van der Waals surface area contributed by atoms with E-state index >= 15 is 0 Å². The average molecular weight is 585 g/mol. The lowest BCUT2D eigenvalue weighted by atomic mass is 9.73. The van der Waals surface area contributed by atoms with E-state index in [-0.39, 0.29) is 17.5 Å². The summed E-state index contributed by atoms with van der Waals surface area (Å²) in [4.78, 5) is 19.3. The van der Waals surface area contributed by atoms with Gasteiger partial charge < -0.3 is 14.5 Å². The third kappa shape index (κ3) is 4.08. The largest absolute Gasteiger partial charge is 0.378 e. The number of anilines is 1. The zero-order chi connectivity index (χ0) is 27.6. The van der Waals surface area contributed by atoms with E-state index in [9.17, 15) is 4.79 Å². The van der Waals surface area contributed by atoms with Crippen LogP contribution in [-0.2, 0) is 9.53 Å². The molecule has 4 aliphatic rings. The number of likely N-dealkylation sites (tertiary alicyclic amines) is 1. The van der Waals surface area contributed by atoms with E-state index in [2.05, 4.69) is 38.2 Å². The number of nitrogens with zero attached hydrogens (tertiary/aromatic N) is 6. The summed E-state index contributed by atoms with van der Waals surface area (Å²) in [5.74, 6) is 0.977. The lowest BCUT2D eigenvalue weighted by Crippen LogP contribution is -2.69. The smallest absolute Gasteiger partial charge is 0.245 e. The third-order valence-corrected chi connectivity index (χ3v) is 10.5. The van der Waals surface area contributed by atoms with Crippen molar-refractivity contribution in [3.05, 3.63) is 40.7 Å². The molecule has 2 aromatic heterocycles. The van der Waals surface area contributed by atoms with Gasteiger partial charge in [0.2, 0.25) is 5.91 Å². The Labute approximate surface area is 244 Å². The standard InChI is InChI=1S/C29H35Cl2N7O2/c1-3-24(39)35-9-5-19(6-10-35)38-18(2)25(26-21-14-32-33-23(21)13-22(30)27(26)31)28(34-38)37-12-11-36(20-15-40-16-20)17-29(37)7-4-8-29/h3,13-14,19-20H,1,4-12,15-17H2,2H3,(H,32,33). The SMILES string of the molecule is C=CC(=O)N1CCC(n2nc(N3CCN(C4COC4)CC34CCC4)c(-c3c(Cl)c(Cl)cc4[nH]ncc34)c2C)CC1. The minimum Gasteiger partial charge on any atom is -0.378 e. The van der Waals surface area contributed by atoms with Crippen LogP contribution in [0.1, 0.15) is 43.8 Å². The molecule has 40 heavy (non-hydrogen) atoms. The van der Waals surface area contributed by atoms with Crippen LogP contribution in [0.3, 0.4) is 0 Å². The second-order valence-corrected chi connectivity index (χ2v) is 12.5. The highest BCUT2D eigenvalue weighted by molar-refractivity contribution is 6.45. The predicted molar refractivity (Wildman–Crippen MR) is 157 cm³/mol. The maximum Gasteiger partial charge on any atom is 0.245 e. The van der Waals surface area contributed by atoms with Crippen molar-refractivity contribution in [3.8, 4) is 11.1 Å². The molecule has 1 saturated carbocycles. The molecule has 9 nitrogen and oxygen atoms in total. The maximum atomic E-state index is 12.2. The molecule has 0 bridgehead atoms. The second-order valence-electron chi connectivity index (χ2n) is 11.8. The molecule has 0 radical (unpaired) electrons. The van der Waals surface area contributed by atoms with Crippen molar-refractivity contribution in [2.24, 2.45) is 0 Å². The van der Waals surface area contributed by atoms with Crippen LogP contribution in [0.4, 0.5) is 5.82 Å². The molecule has 3 aliphatic heterocycles. The molecule has 1 N–H and O–H groups in total. The number of halogens is 2. The van der Waals surface area contributed by atoms with E-state index in [4.69, 9.17) is 33.0 Å². The highest BCUT2D eigenvalue weighted by Crippen LogP contribution is 2.50. The Hall–Kier alpha value is -2.59. The van der Waals surface area contributed by atoms with Crippen molar-refractivity contribution >= 4 is 45.8 Å². The van der Waals surface area contributed by atoms with Crippen LogP contribution >= 0.6 is 23.2 Å². The van der Waals surface area contributed by atoms with E-state index < -0.39 is 0 Å². The van der Waals surface area contributed by atoms with Gasteiger partial charge in [-0.3, -0.25) is 19.5 Å². The van der Waals surface area contributed by atoms with Gasteiger partial charge in [-0.15, -0.1) is 0 Å². The molecule has 5 heterocycles. The molecular weight excluding hydrogens is 549 g/mol. The summed E-state index contributed by atoms with van der Waals surface area (Å²) in [7, 11) is 0. The topological polar surface area (TPSA) is 82.5 Å². The number of ether oxygens (including phenoxy) is 1. The monoisotopic (exact) mass is 583 g/mol. The molecule has 1 spiro atoms. The van der Waals surface area contributed by atoms with Gasteiger partial charge >= 0.3 is 0 Å². The summed E-state index contributed by atoms with van der Waals surface area (Å²) in [6.45, 7) is 11.8. The molecule has 1 aromatic carbocycles. The van der Waals surface area contributed by atoms with Crippen molar-refractivity contribution in [2.45, 2.75) is 56.7 Å². The fourth-order valence-corrected chi connectivity index (χ4v) is 7.63. The number of nitrogens with one attached hydrogen (secondary N) is 1. The van der Waals surface area contributed by atoms with Gasteiger partial charge in [-0.05, 0) is 51.2 Å². The van der Waals surface area contributed by atoms with Gasteiger partial charge in [0.15, 0.2) is 5.82 Å². The van der Waals surface area contributed by atoms with Gasteiger partial charge in [-0.25, -0.2) is 0 Å². The van der Waals surface area contributed by atoms with Crippen molar-refractivity contribution in [1.29, 1.82) is 0 Å². The fraction of sp³-hybridized carbons (Fsp3) is 0.552. The highest BCUT2D eigenvalue weighted by Gasteiger charge is 2.50. The maximum absolute atomic E-state index is 12.2. The van der Waals surface area contributed by atoms with Gasteiger partial charge in [-0.2, -0.15) is 10.2 Å². The first-order chi connectivity index (χ1) is 19.4. The molecule has 0 unspecified atom stereocenters. The predicted octanol–water partition coefficient (Wildman–Crippen LogP) is 4.83. The number of H-pyrrole nitrogens is 1. The molecule has 3 aromatic rings. The Bertz CT molecular complexity index is 1470. The van der Waals surface area contributed by atoms with Gasteiger partial charge in [0.05, 0.1) is 52.6 Å². The zero-order valence-corrected chi connectivity index (χ0v) is 24.3. The first-order valence-corrected chi connectivity index (χ1v) is 15.1. The quantitative estimate of drug-likeness (QED) is 0.433. The van der Waals surface area contributed by atoms with Crippen molar-refractivity contribution in [1.82, 2.24) is 29.8 Å². The van der Waals surface area contributed by atoms with Crippen LogP contribution in [0.2, 0.25) is 10.0 Å². The first kappa shape index (κ1) is 26.3. The molecule has 0 atom stereocenters. The van der Waals surface area contributed by atoms with Crippen molar-refractivity contribution < 1.29 is 9.53 Å². The Balaban J connectivity index is 1.34. The molecule has 11 heteroatoms. The summed E-state index contributed by atoms with van der Waals surface area (Å²) in [6, 6.07) is 2.55. The molecular formula is C29H35Cl2N7O2. The Morgan fingerprint density at radius 1 is 1.15 bits per heavy atom. The summed E-state index contributed by atoms with van der Waals surface area (Å²) in [5, 5.41) is 14.8. The minimum atomic E-state index is -0.00765. The summed E-state index contributed by atoms with van der Waals surface area (Å²) in [6.07, 6.45) is 8.43. The van der Waals surface area contributed by atoms with Gasteiger partial charge in [0.1, 0.15) is 0 Å². The van der Waals surface area contributed by atoms with Gasteiger partial charge in [0.25, 0.3) is 0 Å². The van der Waals surface area contributed by atoms with Crippen LogP contribution in [0.5, 0.6) is 0 Å². The number of carbonyl (C=O) groups excluding carboxylic acids is 1. The number of carbonyl (C=O) groups is 1. The van der Waals surface area contributed by atoms with Crippen LogP contribution < -0.4 is 4.90 Å². The van der Waals surface area contributed by atoms with E-state index in [0.717, 1.165) is 92.1 Å².